The number of hydrogen-bond acceptors (Lipinski definition) is 3. The Morgan fingerprint density at radius 1 is 1.44 bits per heavy atom. The maximum absolute atomic E-state index is 11.4. The Labute approximate surface area is 101 Å². The first kappa shape index (κ1) is 11.4. The van der Waals surface area contributed by atoms with E-state index in [1.807, 2.05) is 0 Å². The molecule has 0 amide bonds. The molecule has 16 heavy (non-hydrogen) atoms. The minimum Gasteiger partial charge on any atom is -0.480 e. The largest absolute Gasteiger partial charge is 0.480 e. The molecule has 0 aromatic carbocycles. The van der Waals surface area contributed by atoms with Crippen molar-refractivity contribution in [2.75, 3.05) is 0 Å². The van der Waals surface area contributed by atoms with Gasteiger partial charge in [0.1, 0.15) is 23.2 Å². The third-order valence-corrected chi connectivity index (χ3v) is 3.53. The molecular weight excluding hydrogens is 276 g/mol. The van der Waals surface area contributed by atoms with E-state index in [4.69, 9.17) is 4.42 Å². The molecule has 1 aromatic rings. The van der Waals surface area contributed by atoms with Crippen LogP contribution in [0.1, 0.15) is 31.4 Å². The quantitative estimate of drug-likeness (QED) is 0.907. The molecule has 1 heterocycles. The molecule has 1 N–H and O–H groups in total. The van der Waals surface area contributed by atoms with Crippen molar-refractivity contribution in [3.05, 3.63) is 22.6 Å². The van der Waals surface area contributed by atoms with E-state index in [1.54, 1.807) is 6.07 Å². The third kappa shape index (κ3) is 1.80. The molecule has 0 atom stereocenters. The molecule has 1 aromatic heterocycles. The maximum Gasteiger partial charge on any atom is 0.317 e. The van der Waals surface area contributed by atoms with Gasteiger partial charge in [0, 0.05) is 12.8 Å². The smallest absolute Gasteiger partial charge is 0.317 e. The predicted octanol–water partition coefficient (Wildman–Crippen LogP) is 2.51. The van der Waals surface area contributed by atoms with Gasteiger partial charge < -0.3 is 9.52 Å². The molecule has 4 nitrogen and oxygen atoms in total. The summed E-state index contributed by atoms with van der Waals surface area (Å²) in [7, 11) is 0. The van der Waals surface area contributed by atoms with Crippen LogP contribution in [-0.2, 0) is 15.0 Å². The molecule has 0 bridgehead atoms. The molecule has 1 aliphatic carbocycles. The molecular formula is C11H11BrO4. The normalized spacial score (nSPS) is 19.7. The lowest BCUT2D eigenvalue weighted by Crippen LogP contribution is -2.39. The number of halogens is 1. The van der Waals surface area contributed by atoms with Gasteiger partial charge in [-0.2, -0.15) is 0 Å². The van der Waals surface area contributed by atoms with E-state index in [0.717, 1.165) is 4.47 Å². The SMILES string of the molecule is O=C1CCC(C(=O)O)(c2cc(Br)co2)CC1. The Morgan fingerprint density at radius 3 is 2.50 bits per heavy atom. The van der Waals surface area contributed by atoms with Crippen LogP contribution >= 0.6 is 15.9 Å². The van der Waals surface area contributed by atoms with E-state index in [0.29, 0.717) is 31.4 Å². The van der Waals surface area contributed by atoms with Crippen LogP contribution in [0, 0.1) is 0 Å². The maximum atomic E-state index is 11.4. The van der Waals surface area contributed by atoms with Crippen molar-refractivity contribution in [2.24, 2.45) is 0 Å². The highest BCUT2D eigenvalue weighted by Crippen LogP contribution is 2.40. The van der Waals surface area contributed by atoms with Crippen molar-refractivity contribution < 1.29 is 19.1 Å². The number of aliphatic carboxylic acids is 1. The lowest BCUT2D eigenvalue weighted by atomic mass is 9.72. The van der Waals surface area contributed by atoms with Gasteiger partial charge in [-0.1, -0.05) is 0 Å². The summed E-state index contributed by atoms with van der Waals surface area (Å²) >= 11 is 3.23. The number of carbonyl (C=O) groups excluding carboxylic acids is 1. The second-order valence-corrected chi connectivity index (χ2v) is 4.97. The minimum absolute atomic E-state index is 0.127. The molecule has 0 radical (unpaired) electrons. The van der Waals surface area contributed by atoms with Crippen LogP contribution < -0.4 is 0 Å². The Morgan fingerprint density at radius 2 is 2.06 bits per heavy atom. The van der Waals surface area contributed by atoms with Crippen molar-refractivity contribution in [3.63, 3.8) is 0 Å². The van der Waals surface area contributed by atoms with Gasteiger partial charge in [0.2, 0.25) is 0 Å². The fourth-order valence-corrected chi connectivity index (χ4v) is 2.39. The van der Waals surface area contributed by atoms with Gasteiger partial charge >= 0.3 is 5.97 Å². The summed E-state index contributed by atoms with van der Waals surface area (Å²) in [4.78, 5) is 22.6. The van der Waals surface area contributed by atoms with Crippen molar-refractivity contribution in [2.45, 2.75) is 31.1 Å². The van der Waals surface area contributed by atoms with E-state index in [-0.39, 0.29) is 5.78 Å². The second-order valence-electron chi connectivity index (χ2n) is 4.06. The lowest BCUT2D eigenvalue weighted by Gasteiger charge is -2.30. The van der Waals surface area contributed by atoms with Gasteiger partial charge in [-0.3, -0.25) is 9.59 Å². The number of ketones is 1. The monoisotopic (exact) mass is 286 g/mol. The van der Waals surface area contributed by atoms with E-state index >= 15 is 0 Å². The summed E-state index contributed by atoms with van der Waals surface area (Å²) in [5.41, 5.74) is -1.03. The van der Waals surface area contributed by atoms with Gasteiger partial charge in [-0.25, -0.2) is 0 Å². The van der Waals surface area contributed by atoms with Crippen LogP contribution in [0.15, 0.2) is 21.2 Å². The zero-order chi connectivity index (χ0) is 11.8. The lowest BCUT2D eigenvalue weighted by molar-refractivity contribution is -0.146. The minimum atomic E-state index is -1.03. The molecule has 1 saturated carbocycles. The van der Waals surface area contributed by atoms with Crippen LogP contribution in [0.2, 0.25) is 0 Å². The van der Waals surface area contributed by atoms with Gasteiger partial charge in [0.15, 0.2) is 0 Å². The zero-order valence-corrected chi connectivity index (χ0v) is 10.1. The molecule has 1 fully saturated rings. The van der Waals surface area contributed by atoms with Gasteiger partial charge in [0.05, 0.1) is 4.47 Å². The van der Waals surface area contributed by atoms with Crippen molar-refractivity contribution in [1.29, 1.82) is 0 Å². The number of rotatable bonds is 2. The third-order valence-electron chi connectivity index (χ3n) is 3.11. The van der Waals surface area contributed by atoms with E-state index in [9.17, 15) is 14.7 Å². The van der Waals surface area contributed by atoms with Crippen LogP contribution in [0.25, 0.3) is 0 Å². The summed E-state index contributed by atoms with van der Waals surface area (Å²) in [6.07, 6.45) is 2.73. The molecule has 0 unspecified atom stereocenters. The predicted molar refractivity (Wildman–Crippen MR) is 59.2 cm³/mol. The topological polar surface area (TPSA) is 67.5 Å². The second kappa shape index (κ2) is 4.05. The fourth-order valence-electron chi connectivity index (χ4n) is 2.09. The average Bonchev–Trinajstić information content (AvgIpc) is 2.66. The molecule has 2 rings (SSSR count). The number of carboxylic acids is 1. The van der Waals surface area contributed by atoms with Crippen molar-refractivity contribution in [3.8, 4) is 0 Å². The molecule has 0 aliphatic heterocycles. The van der Waals surface area contributed by atoms with E-state index in [1.165, 1.54) is 6.26 Å². The molecule has 1 aliphatic rings. The number of carboxylic acid groups (broad SMARTS) is 1. The number of Topliss-reactive ketones (excluding diaryl/α,β-unsaturated/α-hetero) is 1. The first-order valence-electron chi connectivity index (χ1n) is 5.04. The van der Waals surface area contributed by atoms with Crippen LogP contribution in [0.5, 0.6) is 0 Å². The highest BCUT2D eigenvalue weighted by Gasteiger charge is 2.45. The van der Waals surface area contributed by atoms with E-state index in [2.05, 4.69) is 15.9 Å². The average molecular weight is 287 g/mol. The number of carbonyl (C=O) groups is 2. The summed E-state index contributed by atoms with van der Waals surface area (Å²) in [6.45, 7) is 0. The Kier molecular flexibility index (Phi) is 2.88. The Balaban J connectivity index is 2.36. The Hall–Kier alpha value is -1.10. The van der Waals surface area contributed by atoms with Crippen LogP contribution in [-0.4, -0.2) is 16.9 Å². The van der Waals surface area contributed by atoms with E-state index < -0.39 is 11.4 Å². The highest BCUT2D eigenvalue weighted by molar-refractivity contribution is 9.10. The molecule has 0 spiro atoms. The highest BCUT2D eigenvalue weighted by atomic mass is 79.9. The zero-order valence-electron chi connectivity index (χ0n) is 8.53. The first-order valence-corrected chi connectivity index (χ1v) is 5.83. The van der Waals surface area contributed by atoms with Crippen molar-refractivity contribution in [1.82, 2.24) is 0 Å². The number of furan rings is 1. The molecule has 0 saturated heterocycles. The Bertz CT molecular complexity index is 425. The van der Waals surface area contributed by atoms with Gasteiger partial charge in [-0.15, -0.1) is 0 Å². The van der Waals surface area contributed by atoms with Crippen molar-refractivity contribution >= 4 is 27.7 Å². The number of hydrogen-bond donors (Lipinski definition) is 1. The summed E-state index contributed by atoms with van der Waals surface area (Å²) in [5.74, 6) is -0.358. The summed E-state index contributed by atoms with van der Waals surface area (Å²) < 4.78 is 5.99. The summed E-state index contributed by atoms with van der Waals surface area (Å²) in [6, 6.07) is 1.67. The van der Waals surface area contributed by atoms with Gasteiger partial charge in [0.25, 0.3) is 0 Å². The molecule has 5 heteroatoms. The van der Waals surface area contributed by atoms with Crippen LogP contribution in [0.4, 0.5) is 0 Å². The first-order chi connectivity index (χ1) is 7.54. The van der Waals surface area contributed by atoms with Crippen LogP contribution in [0.3, 0.4) is 0 Å². The standard InChI is InChI=1S/C11H11BrO4/c12-7-5-9(16-6-7)11(10(14)15)3-1-8(13)2-4-11/h5-6H,1-4H2,(H,14,15). The molecule has 86 valence electrons. The fraction of sp³-hybridized carbons (Fsp3) is 0.455. The summed E-state index contributed by atoms with van der Waals surface area (Å²) in [5, 5.41) is 9.35. The van der Waals surface area contributed by atoms with Gasteiger partial charge in [-0.05, 0) is 34.8 Å².